The lowest BCUT2D eigenvalue weighted by molar-refractivity contribution is 0.00578. The van der Waals surface area contributed by atoms with Gasteiger partial charge in [0.1, 0.15) is 17.2 Å². The predicted molar refractivity (Wildman–Crippen MR) is 99.6 cm³/mol. The molecule has 0 radical (unpaired) electrons. The van der Waals surface area contributed by atoms with Gasteiger partial charge in [0.15, 0.2) is 0 Å². The molecule has 0 aromatic heterocycles. The predicted octanol–water partition coefficient (Wildman–Crippen LogP) is 3.37. The van der Waals surface area contributed by atoms with Crippen LogP contribution in [0.4, 0.5) is 5.69 Å². The molecule has 6 heteroatoms. The van der Waals surface area contributed by atoms with Crippen LogP contribution in [-0.4, -0.2) is 25.4 Å². The van der Waals surface area contributed by atoms with E-state index in [0.29, 0.717) is 17.2 Å². The summed E-state index contributed by atoms with van der Waals surface area (Å²) in [4.78, 5) is 0. The van der Waals surface area contributed by atoms with E-state index in [1.165, 1.54) is 0 Å². The van der Waals surface area contributed by atoms with E-state index < -0.39 is 18.3 Å². The summed E-state index contributed by atoms with van der Waals surface area (Å²) < 4.78 is 23.5. The van der Waals surface area contributed by atoms with Gasteiger partial charge in [-0.05, 0) is 70.2 Å². The van der Waals surface area contributed by atoms with Gasteiger partial charge in [-0.25, -0.2) is 0 Å². The summed E-state index contributed by atoms with van der Waals surface area (Å²) in [7, 11) is 1.09. The van der Waals surface area contributed by atoms with E-state index in [1.54, 1.807) is 13.2 Å². The first kappa shape index (κ1) is 17.6. The third kappa shape index (κ3) is 3.46. The van der Waals surface area contributed by atoms with Crippen LogP contribution in [0.1, 0.15) is 27.7 Å². The summed E-state index contributed by atoms with van der Waals surface area (Å²) in [5.74, 6) is 2.12. The first-order valence-corrected chi connectivity index (χ1v) is 8.29. The molecule has 2 aromatic rings. The lowest BCUT2D eigenvalue weighted by Gasteiger charge is -2.32. The highest BCUT2D eigenvalue weighted by atomic mass is 16.7. The molecule has 3 rings (SSSR count). The van der Waals surface area contributed by atoms with E-state index >= 15 is 0 Å². The van der Waals surface area contributed by atoms with Gasteiger partial charge in [-0.2, -0.15) is 0 Å². The highest BCUT2D eigenvalue weighted by molar-refractivity contribution is 6.63. The minimum Gasteiger partial charge on any atom is -0.497 e. The van der Waals surface area contributed by atoms with Crippen LogP contribution in [0.5, 0.6) is 17.2 Å². The fraction of sp³-hybridized carbons (Fsp3) is 0.368. The van der Waals surface area contributed by atoms with Crippen molar-refractivity contribution in [2.24, 2.45) is 0 Å². The van der Waals surface area contributed by atoms with Crippen LogP contribution in [-0.2, 0) is 9.31 Å². The number of nitrogen functional groups attached to an aromatic ring is 1. The standard InChI is InChI=1S/C19H24BNO4/c1-18(2)19(3,4)25-20(24-18)16-12-13(21)6-11-17(16)23-15-9-7-14(22-5)8-10-15/h6-12H,21H2,1-5H3. The highest BCUT2D eigenvalue weighted by Gasteiger charge is 2.52. The number of nitrogens with two attached hydrogens (primary N) is 1. The summed E-state index contributed by atoms with van der Waals surface area (Å²) in [5, 5.41) is 0. The molecular formula is C19H24BNO4. The molecule has 1 aliphatic heterocycles. The van der Waals surface area contributed by atoms with E-state index in [9.17, 15) is 0 Å². The maximum Gasteiger partial charge on any atom is 0.498 e. The van der Waals surface area contributed by atoms with Crippen molar-refractivity contribution >= 4 is 18.3 Å². The first-order chi connectivity index (χ1) is 11.7. The maximum absolute atomic E-state index is 6.14. The summed E-state index contributed by atoms with van der Waals surface area (Å²) in [6.45, 7) is 8.07. The molecule has 1 fully saturated rings. The van der Waals surface area contributed by atoms with Gasteiger partial charge < -0.3 is 24.5 Å². The van der Waals surface area contributed by atoms with Crippen LogP contribution in [0.25, 0.3) is 0 Å². The smallest absolute Gasteiger partial charge is 0.497 e. The fourth-order valence-electron chi connectivity index (χ4n) is 2.58. The van der Waals surface area contributed by atoms with Gasteiger partial charge in [0.25, 0.3) is 0 Å². The van der Waals surface area contributed by atoms with E-state index in [0.717, 1.165) is 11.2 Å². The van der Waals surface area contributed by atoms with E-state index in [1.807, 2.05) is 64.1 Å². The lowest BCUT2D eigenvalue weighted by atomic mass is 9.78. The average Bonchev–Trinajstić information content (AvgIpc) is 2.78. The Morgan fingerprint density at radius 2 is 1.44 bits per heavy atom. The maximum atomic E-state index is 6.14. The molecule has 0 unspecified atom stereocenters. The largest absolute Gasteiger partial charge is 0.498 e. The van der Waals surface area contributed by atoms with Crippen LogP contribution >= 0.6 is 0 Å². The molecule has 2 aromatic carbocycles. The van der Waals surface area contributed by atoms with Gasteiger partial charge in [0.2, 0.25) is 0 Å². The van der Waals surface area contributed by atoms with Crippen molar-refractivity contribution in [1.82, 2.24) is 0 Å². The number of ether oxygens (including phenoxy) is 2. The molecule has 1 aliphatic rings. The topological polar surface area (TPSA) is 62.9 Å². The summed E-state index contributed by atoms with van der Waals surface area (Å²) in [6.07, 6.45) is 0. The highest BCUT2D eigenvalue weighted by Crippen LogP contribution is 2.37. The minimum absolute atomic E-state index is 0.431. The van der Waals surface area contributed by atoms with Crippen LogP contribution in [0.15, 0.2) is 42.5 Å². The zero-order valence-electron chi connectivity index (χ0n) is 15.3. The van der Waals surface area contributed by atoms with Gasteiger partial charge in [-0.1, -0.05) is 0 Å². The number of hydrogen-bond donors (Lipinski definition) is 1. The molecule has 0 bridgehead atoms. The van der Waals surface area contributed by atoms with E-state index in [-0.39, 0.29) is 0 Å². The zero-order valence-corrected chi connectivity index (χ0v) is 15.3. The van der Waals surface area contributed by atoms with Crippen LogP contribution in [0.3, 0.4) is 0 Å². The van der Waals surface area contributed by atoms with E-state index in [2.05, 4.69) is 0 Å². The molecule has 0 aliphatic carbocycles. The van der Waals surface area contributed by atoms with Crippen molar-refractivity contribution in [3.8, 4) is 17.2 Å². The molecule has 1 saturated heterocycles. The van der Waals surface area contributed by atoms with E-state index in [4.69, 9.17) is 24.5 Å². The van der Waals surface area contributed by atoms with Crippen molar-refractivity contribution in [3.05, 3.63) is 42.5 Å². The fourth-order valence-corrected chi connectivity index (χ4v) is 2.58. The second-order valence-electron chi connectivity index (χ2n) is 7.16. The average molecular weight is 341 g/mol. The molecule has 132 valence electrons. The van der Waals surface area contributed by atoms with Crippen LogP contribution in [0, 0.1) is 0 Å². The Balaban J connectivity index is 1.91. The third-order valence-electron chi connectivity index (χ3n) is 4.83. The van der Waals surface area contributed by atoms with Crippen molar-refractivity contribution in [3.63, 3.8) is 0 Å². The normalized spacial score (nSPS) is 18.2. The van der Waals surface area contributed by atoms with Gasteiger partial charge in [0, 0.05) is 11.2 Å². The van der Waals surface area contributed by atoms with Crippen LogP contribution in [0.2, 0.25) is 0 Å². The monoisotopic (exact) mass is 341 g/mol. The number of benzene rings is 2. The second kappa shape index (κ2) is 6.28. The molecular weight excluding hydrogens is 317 g/mol. The molecule has 0 spiro atoms. The van der Waals surface area contributed by atoms with Gasteiger partial charge in [-0.3, -0.25) is 0 Å². The Kier molecular flexibility index (Phi) is 4.43. The van der Waals surface area contributed by atoms with Crippen molar-refractivity contribution in [2.45, 2.75) is 38.9 Å². The Morgan fingerprint density at radius 3 is 2.00 bits per heavy atom. The van der Waals surface area contributed by atoms with Gasteiger partial charge in [-0.15, -0.1) is 0 Å². The van der Waals surface area contributed by atoms with Gasteiger partial charge >= 0.3 is 7.12 Å². The first-order valence-electron chi connectivity index (χ1n) is 8.29. The van der Waals surface area contributed by atoms with Crippen molar-refractivity contribution in [1.29, 1.82) is 0 Å². The Bertz CT molecular complexity index is 743. The summed E-state index contributed by atoms with van der Waals surface area (Å²) in [5.41, 5.74) is 6.52. The molecule has 5 nitrogen and oxygen atoms in total. The SMILES string of the molecule is COc1ccc(Oc2ccc(N)cc2B2OC(C)(C)C(C)(C)O2)cc1. The number of rotatable bonds is 4. The third-order valence-corrected chi connectivity index (χ3v) is 4.83. The Hall–Kier alpha value is -2.18. The second-order valence-corrected chi connectivity index (χ2v) is 7.16. The summed E-state index contributed by atoms with van der Waals surface area (Å²) in [6, 6.07) is 12.9. The number of anilines is 1. The van der Waals surface area contributed by atoms with Crippen molar-refractivity contribution in [2.75, 3.05) is 12.8 Å². The van der Waals surface area contributed by atoms with Crippen LogP contribution < -0.4 is 20.7 Å². The molecule has 25 heavy (non-hydrogen) atoms. The quantitative estimate of drug-likeness (QED) is 0.682. The number of hydrogen-bond acceptors (Lipinski definition) is 5. The van der Waals surface area contributed by atoms with Crippen molar-refractivity contribution < 1.29 is 18.8 Å². The lowest BCUT2D eigenvalue weighted by Crippen LogP contribution is -2.41. The Labute approximate surface area is 149 Å². The molecule has 0 atom stereocenters. The molecule has 0 amide bonds. The number of methoxy groups -OCH3 is 1. The summed E-state index contributed by atoms with van der Waals surface area (Å²) >= 11 is 0. The van der Waals surface area contributed by atoms with Gasteiger partial charge in [0.05, 0.1) is 18.3 Å². The zero-order chi connectivity index (χ0) is 18.2. The molecule has 2 N–H and O–H groups in total. The molecule has 0 saturated carbocycles. The minimum atomic E-state index is -0.540. The molecule has 1 heterocycles. The Morgan fingerprint density at radius 1 is 0.880 bits per heavy atom.